The highest BCUT2D eigenvalue weighted by Crippen LogP contribution is 2.18. The van der Waals surface area contributed by atoms with E-state index in [9.17, 15) is 4.79 Å². The molecule has 0 aliphatic heterocycles. The molecule has 0 aliphatic rings. The molecular formula is C18H23ClN2O3. The number of carbonyl (C=O) groups is 1. The first-order chi connectivity index (χ1) is 11.0. The molecule has 0 fully saturated rings. The van der Waals surface area contributed by atoms with Crippen molar-refractivity contribution in [1.29, 1.82) is 0 Å². The summed E-state index contributed by atoms with van der Waals surface area (Å²) in [6, 6.07) is 16.6. The van der Waals surface area contributed by atoms with E-state index in [0.717, 1.165) is 17.1 Å². The molecule has 130 valence electrons. The van der Waals surface area contributed by atoms with E-state index >= 15 is 0 Å². The number of nitrogens with two attached hydrogens (primary N) is 1. The average molecular weight is 351 g/mol. The van der Waals surface area contributed by atoms with Gasteiger partial charge in [0.15, 0.2) is 0 Å². The predicted molar refractivity (Wildman–Crippen MR) is 96.7 cm³/mol. The fourth-order valence-corrected chi connectivity index (χ4v) is 2.10. The number of carbonyl (C=O) groups excluding carboxylic acids is 1. The fraction of sp³-hybridized carbons (Fsp3) is 0.278. The summed E-state index contributed by atoms with van der Waals surface area (Å²) in [5.41, 5.74) is 5.84. The smallest absolute Gasteiger partial charge is 0.244 e. The van der Waals surface area contributed by atoms with Crippen molar-refractivity contribution in [2.24, 2.45) is 5.73 Å². The molecular weight excluding hydrogens is 328 g/mol. The Labute approximate surface area is 148 Å². The van der Waals surface area contributed by atoms with Crippen LogP contribution in [0.15, 0.2) is 54.6 Å². The lowest BCUT2D eigenvalue weighted by molar-refractivity contribution is -0.126. The second kappa shape index (κ2) is 9.15. The van der Waals surface area contributed by atoms with Crippen molar-refractivity contribution >= 4 is 18.3 Å². The Bertz CT molecular complexity index is 630. The topological polar surface area (TPSA) is 73.6 Å². The van der Waals surface area contributed by atoms with Gasteiger partial charge in [-0.15, -0.1) is 12.4 Å². The highest BCUT2D eigenvalue weighted by molar-refractivity contribution is 5.87. The van der Waals surface area contributed by atoms with Crippen molar-refractivity contribution in [2.75, 3.05) is 20.3 Å². The van der Waals surface area contributed by atoms with E-state index in [0.29, 0.717) is 13.2 Å². The van der Waals surface area contributed by atoms with Crippen LogP contribution >= 0.6 is 12.4 Å². The zero-order valence-electron chi connectivity index (χ0n) is 13.8. The molecule has 0 bridgehead atoms. The van der Waals surface area contributed by atoms with Crippen molar-refractivity contribution in [1.82, 2.24) is 5.32 Å². The molecule has 0 saturated heterocycles. The minimum absolute atomic E-state index is 0. The summed E-state index contributed by atoms with van der Waals surface area (Å²) < 4.78 is 10.6. The van der Waals surface area contributed by atoms with Crippen molar-refractivity contribution in [2.45, 2.75) is 12.5 Å². The number of methoxy groups -OCH3 is 1. The van der Waals surface area contributed by atoms with E-state index in [2.05, 4.69) is 5.32 Å². The molecule has 0 saturated carbocycles. The third-order valence-corrected chi connectivity index (χ3v) is 3.56. The number of halogens is 1. The van der Waals surface area contributed by atoms with E-state index in [1.807, 2.05) is 54.6 Å². The van der Waals surface area contributed by atoms with E-state index in [-0.39, 0.29) is 18.3 Å². The van der Waals surface area contributed by atoms with Crippen LogP contribution in [0.3, 0.4) is 0 Å². The average Bonchev–Trinajstić information content (AvgIpc) is 2.59. The molecule has 0 radical (unpaired) electrons. The molecule has 2 rings (SSSR count). The van der Waals surface area contributed by atoms with Crippen LogP contribution in [0.25, 0.3) is 0 Å². The van der Waals surface area contributed by atoms with Crippen molar-refractivity contribution < 1.29 is 14.3 Å². The van der Waals surface area contributed by atoms with Gasteiger partial charge in [0.2, 0.25) is 5.91 Å². The molecule has 2 aromatic carbocycles. The Hall–Kier alpha value is -2.24. The summed E-state index contributed by atoms with van der Waals surface area (Å²) in [5.74, 6) is 1.26. The number of nitrogens with one attached hydrogen (secondary N) is 1. The molecule has 0 aromatic heterocycles. The summed E-state index contributed by atoms with van der Waals surface area (Å²) in [6.45, 7) is 2.44. The van der Waals surface area contributed by atoms with Gasteiger partial charge in [0, 0.05) is 0 Å². The Morgan fingerprint density at radius 2 is 1.67 bits per heavy atom. The first-order valence-corrected chi connectivity index (χ1v) is 7.43. The number of amides is 1. The van der Waals surface area contributed by atoms with E-state index in [1.54, 1.807) is 14.0 Å². The number of hydrogen-bond donors (Lipinski definition) is 2. The van der Waals surface area contributed by atoms with Gasteiger partial charge in [0.1, 0.15) is 23.6 Å². The maximum absolute atomic E-state index is 12.3. The molecule has 24 heavy (non-hydrogen) atoms. The molecule has 2 aromatic rings. The SMILES string of the molecule is COc1ccc(OCCNC(=O)C(C)(N)c2ccccc2)cc1.Cl. The number of hydrogen-bond acceptors (Lipinski definition) is 4. The predicted octanol–water partition coefficient (Wildman–Crippen LogP) is 2.49. The van der Waals surface area contributed by atoms with Crippen molar-refractivity contribution in [3.05, 3.63) is 60.2 Å². The molecule has 0 heterocycles. The van der Waals surface area contributed by atoms with E-state index in [1.165, 1.54) is 0 Å². The molecule has 1 atom stereocenters. The zero-order valence-corrected chi connectivity index (χ0v) is 14.6. The monoisotopic (exact) mass is 350 g/mol. The third-order valence-electron chi connectivity index (χ3n) is 3.56. The van der Waals surface area contributed by atoms with Gasteiger partial charge in [-0.05, 0) is 36.8 Å². The van der Waals surface area contributed by atoms with Crippen LogP contribution in [0.5, 0.6) is 11.5 Å². The Morgan fingerprint density at radius 3 is 2.25 bits per heavy atom. The Balaban J connectivity index is 0.00000288. The first kappa shape index (κ1) is 19.8. The molecule has 1 amide bonds. The van der Waals surface area contributed by atoms with Crippen LogP contribution in [0.4, 0.5) is 0 Å². The lowest BCUT2D eigenvalue weighted by Gasteiger charge is -2.24. The molecule has 3 N–H and O–H groups in total. The van der Waals surface area contributed by atoms with Crippen LogP contribution in [0, 0.1) is 0 Å². The lowest BCUT2D eigenvalue weighted by atomic mass is 9.92. The summed E-state index contributed by atoms with van der Waals surface area (Å²) in [4.78, 5) is 12.3. The zero-order chi connectivity index (χ0) is 16.7. The second-order valence-corrected chi connectivity index (χ2v) is 5.35. The van der Waals surface area contributed by atoms with E-state index in [4.69, 9.17) is 15.2 Å². The number of rotatable bonds is 7. The largest absolute Gasteiger partial charge is 0.497 e. The fourth-order valence-electron chi connectivity index (χ4n) is 2.10. The molecule has 0 aliphatic carbocycles. The van der Waals surface area contributed by atoms with Gasteiger partial charge in [0.05, 0.1) is 13.7 Å². The van der Waals surface area contributed by atoms with Gasteiger partial charge in [-0.2, -0.15) is 0 Å². The summed E-state index contributed by atoms with van der Waals surface area (Å²) in [7, 11) is 1.61. The Morgan fingerprint density at radius 1 is 1.08 bits per heavy atom. The number of ether oxygens (including phenoxy) is 2. The van der Waals surface area contributed by atoms with Gasteiger partial charge in [0.25, 0.3) is 0 Å². The van der Waals surface area contributed by atoms with Crippen molar-refractivity contribution in [3.63, 3.8) is 0 Å². The Kier molecular flexibility index (Phi) is 7.55. The van der Waals surface area contributed by atoms with Crippen molar-refractivity contribution in [3.8, 4) is 11.5 Å². The first-order valence-electron chi connectivity index (χ1n) is 7.43. The summed E-state index contributed by atoms with van der Waals surface area (Å²) in [6.07, 6.45) is 0. The summed E-state index contributed by atoms with van der Waals surface area (Å²) in [5, 5.41) is 2.80. The highest BCUT2D eigenvalue weighted by Gasteiger charge is 2.29. The second-order valence-electron chi connectivity index (χ2n) is 5.35. The van der Waals surface area contributed by atoms with Gasteiger partial charge >= 0.3 is 0 Å². The third kappa shape index (κ3) is 5.15. The number of benzene rings is 2. The lowest BCUT2D eigenvalue weighted by Crippen LogP contribution is -2.49. The van der Waals surface area contributed by atoms with Crippen LogP contribution in [-0.4, -0.2) is 26.2 Å². The molecule has 0 spiro atoms. The minimum atomic E-state index is -1.07. The molecule has 1 unspecified atom stereocenters. The standard InChI is InChI=1S/C18H22N2O3.ClH/c1-18(19,14-6-4-3-5-7-14)17(21)20-12-13-23-16-10-8-15(22-2)9-11-16;/h3-11H,12-13,19H2,1-2H3,(H,20,21);1H. The van der Waals surface area contributed by atoms with Crippen LogP contribution in [-0.2, 0) is 10.3 Å². The quantitative estimate of drug-likeness (QED) is 0.752. The minimum Gasteiger partial charge on any atom is -0.497 e. The van der Waals surface area contributed by atoms with Crippen LogP contribution in [0.2, 0.25) is 0 Å². The van der Waals surface area contributed by atoms with Crippen LogP contribution in [0.1, 0.15) is 12.5 Å². The normalized spacial score (nSPS) is 12.5. The molecule has 6 heteroatoms. The van der Waals surface area contributed by atoms with E-state index < -0.39 is 5.54 Å². The molecule has 5 nitrogen and oxygen atoms in total. The maximum Gasteiger partial charge on any atom is 0.244 e. The van der Waals surface area contributed by atoms with Gasteiger partial charge in [-0.25, -0.2) is 0 Å². The van der Waals surface area contributed by atoms with Gasteiger partial charge < -0.3 is 20.5 Å². The maximum atomic E-state index is 12.3. The van der Waals surface area contributed by atoms with Gasteiger partial charge in [-0.1, -0.05) is 30.3 Å². The summed E-state index contributed by atoms with van der Waals surface area (Å²) >= 11 is 0. The van der Waals surface area contributed by atoms with Gasteiger partial charge in [-0.3, -0.25) is 4.79 Å². The highest BCUT2D eigenvalue weighted by atomic mass is 35.5. The van der Waals surface area contributed by atoms with Crippen LogP contribution < -0.4 is 20.5 Å².